The van der Waals surface area contributed by atoms with Crippen LogP contribution in [0.3, 0.4) is 0 Å². The minimum absolute atomic E-state index is 0.822. The highest BCUT2D eigenvalue weighted by Gasteiger charge is 1.92. The summed E-state index contributed by atoms with van der Waals surface area (Å²) >= 11 is 3.60. The Bertz CT molecular complexity index is 252. The average Bonchev–Trinajstić information content (AvgIpc) is 1.85. The fourth-order valence-corrected chi connectivity index (χ4v) is 0.453. The third-order valence-corrected chi connectivity index (χ3v) is 0.800. The van der Waals surface area contributed by atoms with E-state index in [4.69, 9.17) is 20.4 Å². The SMILES string of the molecule is Nc1ccccc1.OP(O)(O)=S. The summed E-state index contributed by atoms with van der Waals surface area (Å²) in [6.07, 6.45) is 0. The Balaban J connectivity index is 0.000000217. The number of hydrogen-bond acceptors (Lipinski definition) is 2. The Hall–Kier alpha value is -0.450. The lowest BCUT2D eigenvalue weighted by Gasteiger charge is -1.88. The predicted molar refractivity (Wildman–Crippen MR) is 51.8 cm³/mol. The molecule has 4 nitrogen and oxygen atoms in total. The summed E-state index contributed by atoms with van der Waals surface area (Å²) in [5, 5.41) is 0. The van der Waals surface area contributed by atoms with Crippen LogP contribution in [0.25, 0.3) is 0 Å². The highest BCUT2D eigenvalue weighted by molar-refractivity contribution is 8.06. The van der Waals surface area contributed by atoms with Crippen LogP contribution >= 0.6 is 6.72 Å². The van der Waals surface area contributed by atoms with Gasteiger partial charge in [-0.1, -0.05) is 18.2 Å². The van der Waals surface area contributed by atoms with Crippen molar-refractivity contribution < 1.29 is 14.7 Å². The molecule has 0 heterocycles. The number of para-hydroxylation sites is 1. The second kappa shape index (κ2) is 5.24. The van der Waals surface area contributed by atoms with Crippen molar-refractivity contribution in [1.29, 1.82) is 0 Å². The lowest BCUT2D eigenvalue weighted by molar-refractivity contribution is 0.363. The Morgan fingerprint density at radius 3 is 1.58 bits per heavy atom. The molecule has 0 fully saturated rings. The second-order valence-corrected chi connectivity index (χ2v) is 4.42. The van der Waals surface area contributed by atoms with Gasteiger partial charge in [0.25, 0.3) is 0 Å². The van der Waals surface area contributed by atoms with Gasteiger partial charge in [-0.05, 0) is 23.9 Å². The van der Waals surface area contributed by atoms with Crippen molar-refractivity contribution in [1.82, 2.24) is 0 Å². The third-order valence-electron chi connectivity index (χ3n) is 0.800. The number of benzene rings is 1. The van der Waals surface area contributed by atoms with Crippen molar-refractivity contribution >= 4 is 24.2 Å². The molecule has 0 unspecified atom stereocenters. The monoisotopic (exact) mass is 207 g/mol. The van der Waals surface area contributed by atoms with E-state index in [1.54, 1.807) is 0 Å². The van der Waals surface area contributed by atoms with E-state index >= 15 is 0 Å². The minimum atomic E-state index is -3.81. The van der Waals surface area contributed by atoms with Crippen LogP contribution in [0.1, 0.15) is 0 Å². The maximum absolute atomic E-state index is 7.56. The highest BCUT2D eigenvalue weighted by atomic mass is 32.5. The first-order chi connectivity index (χ1) is 5.39. The van der Waals surface area contributed by atoms with Gasteiger partial charge in [0.15, 0.2) is 0 Å². The molecular formula is C6H10NO3PS. The van der Waals surface area contributed by atoms with Gasteiger partial charge in [-0.3, -0.25) is 0 Å². The molecule has 0 aliphatic rings. The molecule has 0 atom stereocenters. The van der Waals surface area contributed by atoms with E-state index in [2.05, 4.69) is 11.8 Å². The van der Waals surface area contributed by atoms with Crippen LogP contribution in [0.2, 0.25) is 0 Å². The molecule has 0 aliphatic heterocycles. The molecule has 0 bridgehead atoms. The molecule has 0 saturated carbocycles. The lowest BCUT2D eigenvalue weighted by atomic mass is 10.3. The maximum Gasteiger partial charge on any atom is 0.319 e. The molecule has 68 valence electrons. The van der Waals surface area contributed by atoms with Gasteiger partial charge in [0, 0.05) is 5.69 Å². The number of anilines is 1. The minimum Gasteiger partial charge on any atom is -0.399 e. The molecule has 1 rings (SSSR count). The summed E-state index contributed by atoms with van der Waals surface area (Å²) in [5.74, 6) is 0. The van der Waals surface area contributed by atoms with Crippen molar-refractivity contribution in [2.75, 3.05) is 5.73 Å². The van der Waals surface area contributed by atoms with Crippen LogP contribution in [-0.2, 0) is 11.8 Å². The predicted octanol–water partition coefficient (Wildman–Crippen LogP) is 0.457. The third kappa shape index (κ3) is 12.2. The summed E-state index contributed by atoms with van der Waals surface area (Å²) < 4.78 is 0. The Kier molecular flexibility index (Phi) is 5.04. The molecule has 5 N–H and O–H groups in total. The Labute approximate surface area is 75.5 Å². The molecule has 0 aliphatic carbocycles. The van der Waals surface area contributed by atoms with E-state index in [0.717, 1.165) is 5.69 Å². The summed E-state index contributed by atoms with van der Waals surface area (Å²) in [5.41, 5.74) is 6.18. The Morgan fingerprint density at radius 1 is 1.08 bits per heavy atom. The number of hydrogen-bond donors (Lipinski definition) is 4. The van der Waals surface area contributed by atoms with Crippen LogP contribution in [-0.4, -0.2) is 14.7 Å². The fourth-order valence-electron chi connectivity index (χ4n) is 0.453. The summed E-state index contributed by atoms with van der Waals surface area (Å²) in [6, 6.07) is 9.49. The zero-order valence-electron chi connectivity index (χ0n) is 6.16. The molecule has 0 aromatic heterocycles. The first-order valence-electron chi connectivity index (χ1n) is 2.98. The van der Waals surface area contributed by atoms with Crippen LogP contribution in [0.4, 0.5) is 5.69 Å². The molecule has 6 heteroatoms. The van der Waals surface area contributed by atoms with Crippen LogP contribution in [0.15, 0.2) is 30.3 Å². The standard InChI is InChI=1S/C6H7N.H3O3PS/c7-6-4-2-1-3-5-6;1-4(2,3)5/h1-5H,7H2;(H3,1,2,3,5). The molecule has 1 aromatic carbocycles. The van der Waals surface area contributed by atoms with E-state index in [9.17, 15) is 0 Å². The highest BCUT2D eigenvalue weighted by Crippen LogP contribution is 2.26. The van der Waals surface area contributed by atoms with Gasteiger partial charge < -0.3 is 20.4 Å². The lowest BCUT2D eigenvalue weighted by Crippen LogP contribution is -1.79. The zero-order chi connectivity index (χ0) is 9.61. The van der Waals surface area contributed by atoms with E-state index < -0.39 is 6.72 Å². The van der Waals surface area contributed by atoms with E-state index in [1.807, 2.05) is 30.3 Å². The Morgan fingerprint density at radius 2 is 1.42 bits per heavy atom. The molecule has 0 radical (unpaired) electrons. The number of rotatable bonds is 0. The summed E-state index contributed by atoms with van der Waals surface area (Å²) in [6.45, 7) is -3.81. The van der Waals surface area contributed by atoms with Gasteiger partial charge in [-0.2, -0.15) is 0 Å². The van der Waals surface area contributed by atoms with Crippen molar-refractivity contribution in [3.63, 3.8) is 0 Å². The summed E-state index contributed by atoms with van der Waals surface area (Å²) in [7, 11) is 0. The molecule has 0 spiro atoms. The fraction of sp³-hybridized carbons (Fsp3) is 0. The number of nitrogen functional groups attached to an aromatic ring is 1. The van der Waals surface area contributed by atoms with Crippen LogP contribution in [0.5, 0.6) is 0 Å². The van der Waals surface area contributed by atoms with Gasteiger partial charge in [0.2, 0.25) is 0 Å². The van der Waals surface area contributed by atoms with Crippen molar-refractivity contribution in [3.8, 4) is 0 Å². The molecule has 0 amide bonds. The van der Waals surface area contributed by atoms with Gasteiger partial charge in [0.05, 0.1) is 0 Å². The first kappa shape index (κ1) is 11.6. The van der Waals surface area contributed by atoms with E-state index in [-0.39, 0.29) is 0 Å². The van der Waals surface area contributed by atoms with Gasteiger partial charge in [0.1, 0.15) is 0 Å². The van der Waals surface area contributed by atoms with Gasteiger partial charge in [-0.15, -0.1) is 0 Å². The van der Waals surface area contributed by atoms with Crippen molar-refractivity contribution in [2.24, 2.45) is 0 Å². The largest absolute Gasteiger partial charge is 0.399 e. The maximum atomic E-state index is 7.56. The average molecular weight is 207 g/mol. The first-order valence-corrected chi connectivity index (χ1v) is 5.64. The number of nitrogens with two attached hydrogens (primary N) is 1. The second-order valence-electron chi connectivity index (χ2n) is 1.92. The topological polar surface area (TPSA) is 86.7 Å². The smallest absolute Gasteiger partial charge is 0.319 e. The van der Waals surface area contributed by atoms with Gasteiger partial charge in [-0.25, -0.2) is 0 Å². The van der Waals surface area contributed by atoms with Gasteiger partial charge >= 0.3 is 6.72 Å². The zero-order valence-corrected chi connectivity index (χ0v) is 7.87. The summed E-state index contributed by atoms with van der Waals surface area (Å²) in [4.78, 5) is 22.7. The van der Waals surface area contributed by atoms with E-state index in [0.29, 0.717) is 0 Å². The van der Waals surface area contributed by atoms with Crippen molar-refractivity contribution in [3.05, 3.63) is 30.3 Å². The molecule has 0 saturated heterocycles. The van der Waals surface area contributed by atoms with E-state index in [1.165, 1.54) is 0 Å². The molecule has 1 aromatic rings. The quantitative estimate of drug-likeness (QED) is 0.366. The van der Waals surface area contributed by atoms with Crippen LogP contribution < -0.4 is 5.73 Å². The molecule has 12 heavy (non-hydrogen) atoms. The van der Waals surface area contributed by atoms with Crippen LogP contribution in [0, 0.1) is 0 Å². The van der Waals surface area contributed by atoms with Crippen molar-refractivity contribution in [2.45, 2.75) is 0 Å². The molecular weight excluding hydrogens is 197 g/mol. The normalized spacial score (nSPS) is 9.92.